The largest absolute Gasteiger partial charge is 0.468 e. The lowest BCUT2D eigenvalue weighted by Gasteiger charge is -2.24. The Morgan fingerprint density at radius 3 is 1.82 bits per heavy atom. The molecular formula is C28H48O6. The van der Waals surface area contributed by atoms with E-state index in [-0.39, 0.29) is 11.8 Å². The number of carbonyl (C=O) groups excluding carboxylic acids is 2. The Morgan fingerprint density at radius 2 is 1.26 bits per heavy atom. The van der Waals surface area contributed by atoms with Crippen LogP contribution in [0.2, 0.25) is 0 Å². The predicted molar refractivity (Wildman–Crippen MR) is 137 cm³/mol. The molecule has 0 N–H and O–H groups in total. The number of hydrogen-bond acceptors (Lipinski definition) is 6. The van der Waals surface area contributed by atoms with Crippen molar-refractivity contribution < 1.29 is 28.5 Å². The van der Waals surface area contributed by atoms with Crippen molar-refractivity contribution in [3.63, 3.8) is 0 Å². The second-order valence-corrected chi connectivity index (χ2v) is 8.53. The van der Waals surface area contributed by atoms with Gasteiger partial charge in [0.2, 0.25) is 0 Å². The van der Waals surface area contributed by atoms with Gasteiger partial charge in [-0.15, -0.1) is 0 Å². The fraction of sp³-hybridized carbons (Fsp3) is 0.714. The van der Waals surface area contributed by atoms with Crippen LogP contribution in [0.3, 0.4) is 0 Å². The highest BCUT2D eigenvalue weighted by Crippen LogP contribution is 2.29. The number of unbranched alkanes of at least 4 members (excludes halogenated alkanes) is 5. The Hall–Kier alpha value is -1.92. The van der Waals surface area contributed by atoms with Gasteiger partial charge in [-0.05, 0) is 50.0 Å². The normalized spacial score (nSPS) is 14.0. The van der Waals surface area contributed by atoms with Crippen LogP contribution in [0.15, 0.2) is 36.5 Å². The van der Waals surface area contributed by atoms with Crippen molar-refractivity contribution in [3.8, 4) is 0 Å². The molecule has 34 heavy (non-hydrogen) atoms. The third-order valence-electron chi connectivity index (χ3n) is 6.01. The molecule has 0 saturated heterocycles. The third kappa shape index (κ3) is 14.4. The van der Waals surface area contributed by atoms with Crippen molar-refractivity contribution in [3.05, 3.63) is 36.5 Å². The smallest absolute Gasteiger partial charge is 0.320 e. The number of rotatable bonds is 20. The fourth-order valence-corrected chi connectivity index (χ4v) is 3.89. The first-order chi connectivity index (χ1) is 16.5. The lowest BCUT2D eigenvalue weighted by atomic mass is 9.82. The Labute approximate surface area is 207 Å². The maximum absolute atomic E-state index is 12.2. The summed E-state index contributed by atoms with van der Waals surface area (Å²) in [5.74, 6) is -1.66. The zero-order chi connectivity index (χ0) is 25.6. The number of esters is 2. The van der Waals surface area contributed by atoms with Crippen molar-refractivity contribution >= 4 is 11.9 Å². The van der Waals surface area contributed by atoms with E-state index in [1.165, 1.54) is 33.5 Å². The van der Waals surface area contributed by atoms with Crippen LogP contribution < -0.4 is 0 Å². The maximum Gasteiger partial charge on any atom is 0.320 e. The van der Waals surface area contributed by atoms with Gasteiger partial charge < -0.3 is 18.9 Å². The first kappa shape index (κ1) is 32.1. The number of methoxy groups -OCH3 is 4. The molecule has 0 fully saturated rings. The van der Waals surface area contributed by atoms with E-state index in [1.54, 1.807) is 14.2 Å². The van der Waals surface area contributed by atoms with E-state index in [9.17, 15) is 9.59 Å². The standard InChI is InChI=1S/C28H48O6/c1-7-9-11-12-13-14-16-18-23(19-21-25(27(29)33-5)28(30)34-6)24(17-15-10-8-2)20-22-26(31-3)32-4/h13-14,16,18,20,22-26H,7-12,15,17,19,21H2,1-6H3/b14-13+,18-16+,22-20+. The highest BCUT2D eigenvalue weighted by molar-refractivity contribution is 5.94. The molecule has 0 bridgehead atoms. The van der Waals surface area contributed by atoms with Crippen LogP contribution >= 0.6 is 0 Å². The molecule has 0 aromatic carbocycles. The topological polar surface area (TPSA) is 71.1 Å². The lowest BCUT2D eigenvalue weighted by Crippen LogP contribution is -2.27. The van der Waals surface area contributed by atoms with Gasteiger partial charge >= 0.3 is 11.9 Å². The fourth-order valence-electron chi connectivity index (χ4n) is 3.89. The van der Waals surface area contributed by atoms with Gasteiger partial charge in [0.05, 0.1) is 14.2 Å². The molecule has 0 aliphatic heterocycles. The monoisotopic (exact) mass is 480 g/mol. The van der Waals surface area contributed by atoms with Crippen LogP contribution in [0.4, 0.5) is 0 Å². The molecule has 0 aliphatic rings. The van der Waals surface area contributed by atoms with Crippen LogP contribution in [-0.4, -0.2) is 46.7 Å². The molecule has 6 nitrogen and oxygen atoms in total. The number of carbonyl (C=O) groups is 2. The highest BCUT2D eigenvalue weighted by Gasteiger charge is 2.30. The summed E-state index contributed by atoms with van der Waals surface area (Å²) in [7, 11) is 5.82. The molecule has 2 atom stereocenters. The van der Waals surface area contributed by atoms with Gasteiger partial charge in [0.15, 0.2) is 12.2 Å². The zero-order valence-electron chi connectivity index (χ0n) is 22.3. The quantitative estimate of drug-likeness (QED) is 0.0501. The van der Waals surface area contributed by atoms with Gasteiger partial charge in [-0.2, -0.15) is 0 Å². The van der Waals surface area contributed by atoms with Crippen molar-refractivity contribution in [1.82, 2.24) is 0 Å². The van der Waals surface area contributed by atoms with Gasteiger partial charge in [-0.3, -0.25) is 9.59 Å². The van der Waals surface area contributed by atoms with Crippen molar-refractivity contribution in [2.45, 2.75) is 84.3 Å². The van der Waals surface area contributed by atoms with Gasteiger partial charge in [0.1, 0.15) is 0 Å². The minimum atomic E-state index is -0.915. The molecule has 0 saturated carbocycles. The van der Waals surface area contributed by atoms with E-state index in [0.29, 0.717) is 12.8 Å². The maximum atomic E-state index is 12.2. The summed E-state index contributed by atoms with van der Waals surface area (Å²) >= 11 is 0. The molecule has 0 radical (unpaired) electrons. The third-order valence-corrected chi connectivity index (χ3v) is 6.01. The number of allylic oxidation sites excluding steroid dienone is 5. The van der Waals surface area contributed by atoms with Crippen molar-refractivity contribution in [1.29, 1.82) is 0 Å². The molecule has 6 heteroatoms. The Kier molecular flexibility index (Phi) is 20.4. The minimum Gasteiger partial charge on any atom is -0.468 e. The van der Waals surface area contributed by atoms with E-state index in [2.05, 4.69) is 44.2 Å². The number of ether oxygens (including phenoxy) is 4. The van der Waals surface area contributed by atoms with Gasteiger partial charge in [-0.1, -0.05) is 76.3 Å². The lowest BCUT2D eigenvalue weighted by molar-refractivity contribution is -0.159. The Morgan fingerprint density at radius 1 is 0.676 bits per heavy atom. The Bertz CT molecular complexity index is 590. The summed E-state index contributed by atoms with van der Waals surface area (Å²) in [4.78, 5) is 24.4. The number of hydrogen-bond donors (Lipinski definition) is 0. The minimum absolute atomic E-state index is 0.138. The first-order valence-corrected chi connectivity index (χ1v) is 12.7. The van der Waals surface area contributed by atoms with Crippen LogP contribution in [0.5, 0.6) is 0 Å². The summed E-state index contributed by atoms with van der Waals surface area (Å²) in [5, 5.41) is 0. The van der Waals surface area contributed by atoms with E-state index in [0.717, 1.165) is 32.1 Å². The molecule has 196 valence electrons. The average Bonchev–Trinajstić information content (AvgIpc) is 2.86. The van der Waals surface area contributed by atoms with Crippen LogP contribution in [0.25, 0.3) is 0 Å². The van der Waals surface area contributed by atoms with E-state index < -0.39 is 24.1 Å². The average molecular weight is 481 g/mol. The molecule has 0 spiro atoms. The van der Waals surface area contributed by atoms with Crippen LogP contribution in [0.1, 0.15) is 78.1 Å². The van der Waals surface area contributed by atoms with E-state index in [4.69, 9.17) is 18.9 Å². The van der Waals surface area contributed by atoms with Crippen molar-refractivity contribution in [2.75, 3.05) is 28.4 Å². The summed E-state index contributed by atoms with van der Waals surface area (Å²) in [5.41, 5.74) is 0. The summed E-state index contributed by atoms with van der Waals surface area (Å²) in [6.07, 6.45) is 22.4. The molecule has 2 unspecified atom stereocenters. The second-order valence-electron chi connectivity index (χ2n) is 8.53. The second kappa shape index (κ2) is 21.6. The van der Waals surface area contributed by atoms with Gasteiger partial charge in [0.25, 0.3) is 0 Å². The predicted octanol–water partition coefficient (Wildman–Crippen LogP) is 6.41. The molecule has 0 heterocycles. The van der Waals surface area contributed by atoms with Gasteiger partial charge in [0, 0.05) is 14.2 Å². The van der Waals surface area contributed by atoms with E-state index >= 15 is 0 Å². The SMILES string of the molecule is CCCCC/C=C/C=C/C(CCC(C(=O)OC)C(=O)OC)C(/C=C/C(OC)OC)CCCCC. The highest BCUT2D eigenvalue weighted by atomic mass is 16.7. The molecular weight excluding hydrogens is 432 g/mol. The molecule has 0 aliphatic carbocycles. The molecule has 0 amide bonds. The van der Waals surface area contributed by atoms with E-state index in [1.807, 2.05) is 6.08 Å². The van der Waals surface area contributed by atoms with Crippen LogP contribution in [0, 0.1) is 17.8 Å². The summed E-state index contributed by atoms with van der Waals surface area (Å²) in [6, 6.07) is 0. The molecule has 0 aromatic rings. The molecule has 0 aromatic heterocycles. The van der Waals surface area contributed by atoms with Crippen molar-refractivity contribution in [2.24, 2.45) is 17.8 Å². The van der Waals surface area contributed by atoms with Gasteiger partial charge in [-0.25, -0.2) is 0 Å². The first-order valence-electron chi connectivity index (χ1n) is 12.7. The zero-order valence-corrected chi connectivity index (χ0v) is 22.3. The summed E-state index contributed by atoms with van der Waals surface area (Å²) in [6.45, 7) is 4.39. The Balaban J connectivity index is 5.67. The van der Waals surface area contributed by atoms with Crippen LogP contribution in [-0.2, 0) is 28.5 Å². The molecule has 0 rings (SSSR count). The summed E-state index contributed by atoms with van der Waals surface area (Å²) < 4.78 is 20.4.